The fourth-order valence-corrected chi connectivity index (χ4v) is 2.82. The molecule has 0 aliphatic carbocycles. The molecule has 0 bridgehead atoms. The Morgan fingerprint density at radius 3 is 2.55 bits per heavy atom. The minimum atomic E-state index is 0.468. The smallest absolute Gasteiger partial charge is 0.126 e. The second-order valence-electron chi connectivity index (χ2n) is 5.30. The van der Waals surface area contributed by atoms with Crippen LogP contribution in [0.5, 0.6) is 5.75 Å². The van der Waals surface area contributed by atoms with Gasteiger partial charge in [0.15, 0.2) is 0 Å². The maximum Gasteiger partial charge on any atom is 0.126 e. The van der Waals surface area contributed by atoms with E-state index < -0.39 is 0 Å². The summed E-state index contributed by atoms with van der Waals surface area (Å²) in [5.74, 6) is 1.51. The molecular formula is C18H27ClO. The van der Waals surface area contributed by atoms with E-state index in [1.165, 1.54) is 11.1 Å². The van der Waals surface area contributed by atoms with Crippen LogP contribution in [0.15, 0.2) is 18.2 Å². The fourth-order valence-electron chi connectivity index (χ4n) is 2.55. The monoisotopic (exact) mass is 294 g/mol. The lowest BCUT2D eigenvalue weighted by Crippen LogP contribution is -2.07. The first-order valence-electron chi connectivity index (χ1n) is 7.60. The second-order valence-corrected chi connectivity index (χ2v) is 5.71. The van der Waals surface area contributed by atoms with Crippen LogP contribution in [0.25, 0.3) is 0 Å². The van der Waals surface area contributed by atoms with Crippen LogP contribution in [-0.2, 0) is 0 Å². The van der Waals surface area contributed by atoms with Crippen molar-refractivity contribution in [3.05, 3.63) is 39.9 Å². The van der Waals surface area contributed by atoms with Crippen molar-refractivity contribution in [1.29, 1.82) is 0 Å². The molecule has 0 amide bonds. The molecule has 0 aromatic heterocycles. The number of rotatable bonds is 7. The van der Waals surface area contributed by atoms with Crippen molar-refractivity contribution in [2.75, 3.05) is 6.61 Å². The average Bonchev–Trinajstić information content (AvgIpc) is 2.43. The van der Waals surface area contributed by atoms with Gasteiger partial charge < -0.3 is 4.74 Å². The summed E-state index contributed by atoms with van der Waals surface area (Å²) in [6.45, 7) is 11.4. The van der Waals surface area contributed by atoms with E-state index in [9.17, 15) is 0 Å². The largest absolute Gasteiger partial charge is 0.493 e. The summed E-state index contributed by atoms with van der Waals surface area (Å²) in [6.07, 6.45) is 7.49. The molecule has 0 saturated carbocycles. The zero-order valence-corrected chi connectivity index (χ0v) is 14.2. The SMILES string of the molecule is C/C=C\CC(CC)c1c(C)c(Cl)cc(C)c1OCCC. The third kappa shape index (κ3) is 4.02. The van der Waals surface area contributed by atoms with Gasteiger partial charge in [-0.2, -0.15) is 0 Å². The quantitative estimate of drug-likeness (QED) is 0.544. The molecular weight excluding hydrogens is 268 g/mol. The van der Waals surface area contributed by atoms with Gasteiger partial charge in [-0.1, -0.05) is 37.6 Å². The maximum atomic E-state index is 6.39. The fraction of sp³-hybridized carbons (Fsp3) is 0.556. The Bertz CT molecular complexity index is 463. The molecule has 0 saturated heterocycles. The molecule has 0 radical (unpaired) electrons. The van der Waals surface area contributed by atoms with Crippen molar-refractivity contribution in [2.24, 2.45) is 0 Å². The third-order valence-corrected chi connectivity index (χ3v) is 4.11. The highest BCUT2D eigenvalue weighted by molar-refractivity contribution is 6.31. The molecule has 1 atom stereocenters. The molecule has 2 heteroatoms. The summed E-state index contributed by atoms with van der Waals surface area (Å²) in [6, 6.07) is 2.02. The van der Waals surface area contributed by atoms with Gasteiger partial charge in [0.2, 0.25) is 0 Å². The molecule has 0 N–H and O–H groups in total. The molecule has 1 aromatic carbocycles. The lowest BCUT2D eigenvalue weighted by Gasteiger charge is -2.23. The maximum absolute atomic E-state index is 6.39. The van der Waals surface area contributed by atoms with Gasteiger partial charge in [0.05, 0.1) is 6.61 Å². The van der Waals surface area contributed by atoms with Crippen molar-refractivity contribution in [1.82, 2.24) is 0 Å². The third-order valence-electron chi connectivity index (χ3n) is 3.72. The number of benzene rings is 1. The van der Waals surface area contributed by atoms with Gasteiger partial charge in [-0.05, 0) is 63.1 Å². The summed E-state index contributed by atoms with van der Waals surface area (Å²) < 4.78 is 6.03. The standard InChI is InChI=1S/C18H27ClO/c1-6-9-10-15(8-3)17-14(5)16(19)12-13(4)18(17)20-11-7-2/h6,9,12,15H,7-8,10-11H2,1-5H3/b9-6-. The van der Waals surface area contributed by atoms with Crippen molar-refractivity contribution in [2.45, 2.75) is 59.8 Å². The number of hydrogen-bond acceptors (Lipinski definition) is 1. The Balaban J connectivity index is 3.30. The highest BCUT2D eigenvalue weighted by atomic mass is 35.5. The summed E-state index contributed by atoms with van der Waals surface area (Å²) >= 11 is 6.39. The molecule has 0 aliphatic heterocycles. The average molecular weight is 295 g/mol. The summed E-state index contributed by atoms with van der Waals surface area (Å²) in [5.41, 5.74) is 3.60. The van der Waals surface area contributed by atoms with E-state index in [2.05, 4.69) is 46.8 Å². The Morgan fingerprint density at radius 1 is 1.30 bits per heavy atom. The van der Waals surface area contributed by atoms with Crippen LogP contribution in [0.4, 0.5) is 0 Å². The number of halogens is 1. The van der Waals surface area contributed by atoms with Crippen molar-refractivity contribution in [3.8, 4) is 5.75 Å². The number of allylic oxidation sites excluding steroid dienone is 2. The summed E-state index contributed by atoms with van der Waals surface area (Å²) in [5, 5.41) is 0.847. The van der Waals surface area contributed by atoms with Gasteiger partial charge >= 0.3 is 0 Å². The summed E-state index contributed by atoms with van der Waals surface area (Å²) in [7, 11) is 0. The highest BCUT2D eigenvalue weighted by Gasteiger charge is 2.20. The van der Waals surface area contributed by atoms with Gasteiger partial charge in [-0.15, -0.1) is 0 Å². The van der Waals surface area contributed by atoms with Crippen LogP contribution in [0.1, 0.15) is 62.6 Å². The van der Waals surface area contributed by atoms with E-state index in [1.54, 1.807) is 0 Å². The zero-order chi connectivity index (χ0) is 15.1. The van der Waals surface area contributed by atoms with Crippen molar-refractivity contribution in [3.63, 3.8) is 0 Å². The van der Waals surface area contributed by atoms with Gasteiger partial charge in [0.1, 0.15) is 5.75 Å². The van der Waals surface area contributed by atoms with E-state index >= 15 is 0 Å². The van der Waals surface area contributed by atoms with E-state index in [4.69, 9.17) is 16.3 Å². The normalized spacial score (nSPS) is 12.9. The molecule has 1 nitrogen and oxygen atoms in total. The lowest BCUT2D eigenvalue weighted by molar-refractivity contribution is 0.309. The molecule has 112 valence electrons. The second kappa shape index (κ2) is 8.36. The predicted molar refractivity (Wildman–Crippen MR) is 89.2 cm³/mol. The molecule has 0 spiro atoms. The first-order valence-corrected chi connectivity index (χ1v) is 7.98. The van der Waals surface area contributed by atoms with Crippen LogP contribution in [0.3, 0.4) is 0 Å². The molecule has 1 rings (SSSR count). The van der Waals surface area contributed by atoms with E-state index in [0.717, 1.165) is 42.2 Å². The first kappa shape index (κ1) is 17.1. The van der Waals surface area contributed by atoms with Gasteiger partial charge in [-0.25, -0.2) is 0 Å². The molecule has 0 aliphatic rings. The number of ether oxygens (including phenoxy) is 1. The van der Waals surface area contributed by atoms with Crippen LogP contribution >= 0.6 is 11.6 Å². The number of aryl methyl sites for hydroxylation is 1. The highest BCUT2D eigenvalue weighted by Crippen LogP contribution is 2.40. The van der Waals surface area contributed by atoms with Crippen LogP contribution in [-0.4, -0.2) is 6.61 Å². The van der Waals surface area contributed by atoms with Crippen molar-refractivity contribution < 1.29 is 4.74 Å². The molecule has 0 fully saturated rings. The van der Waals surface area contributed by atoms with Crippen LogP contribution in [0, 0.1) is 13.8 Å². The minimum Gasteiger partial charge on any atom is -0.493 e. The molecule has 1 unspecified atom stereocenters. The molecule has 20 heavy (non-hydrogen) atoms. The Kier molecular flexibility index (Phi) is 7.15. The topological polar surface area (TPSA) is 9.23 Å². The van der Waals surface area contributed by atoms with E-state index in [-0.39, 0.29) is 0 Å². The Hall–Kier alpha value is -0.950. The lowest BCUT2D eigenvalue weighted by atomic mass is 9.87. The summed E-state index contributed by atoms with van der Waals surface area (Å²) in [4.78, 5) is 0. The van der Waals surface area contributed by atoms with Crippen molar-refractivity contribution >= 4 is 11.6 Å². The van der Waals surface area contributed by atoms with Gasteiger partial charge in [0, 0.05) is 10.6 Å². The van der Waals surface area contributed by atoms with Crippen LogP contribution in [0.2, 0.25) is 5.02 Å². The van der Waals surface area contributed by atoms with E-state index in [0.29, 0.717) is 5.92 Å². The Morgan fingerprint density at radius 2 is 2.00 bits per heavy atom. The minimum absolute atomic E-state index is 0.468. The van der Waals surface area contributed by atoms with Gasteiger partial charge in [-0.3, -0.25) is 0 Å². The molecule has 0 heterocycles. The van der Waals surface area contributed by atoms with E-state index in [1.807, 2.05) is 6.07 Å². The van der Waals surface area contributed by atoms with Gasteiger partial charge in [0.25, 0.3) is 0 Å². The first-order chi connectivity index (χ1) is 9.56. The van der Waals surface area contributed by atoms with Crippen LogP contribution < -0.4 is 4.74 Å². The number of hydrogen-bond donors (Lipinski definition) is 0. The predicted octanol–water partition coefficient (Wildman–Crippen LogP) is 6.21. The zero-order valence-electron chi connectivity index (χ0n) is 13.4. The molecule has 1 aromatic rings. The Labute approximate surface area is 129 Å².